The van der Waals surface area contributed by atoms with Crippen molar-refractivity contribution in [2.75, 3.05) is 5.32 Å². The Hall–Kier alpha value is -2.88. The first-order valence-corrected chi connectivity index (χ1v) is 6.35. The molecule has 0 saturated carbocycles. The molecule has 2 aromatic rings. The van der Waals surface area contributed by atoms with Crippen LogP contribution in [0.15, 0.2) is 51.9 Å². The van der Waals surface area contributed by atoms with Gasteiger partial charge in [-0.2, -0.15) is 13.2 Å². The largest absolute Gasteiger partial charge is 0.424 e. The highest BCUT2D eigenvalue weighted by atomic mass is 19.4. The van der Waals surface area contributed by atoms with Crippen molar-refractivity contribution in [2.45, 2.75) is 12.3 Å². The predicted molar refractivity (Wildman–Crippen MR) is 73.0 cm³/mol. The van der Waals surface area contributed by atoms with E-state index < -0.39 is 17.9 Å². The van der Waals surface area contributed by atoms with Gasteiger partial charge in [-0.15, -0.1) is 0 Å². The number of aromatic nitrogens is 2. The molecule has 0 amide bonds. The van der Waals surface area contributed by atoms with Crippen molar-refractivity contribution in [3.63, 3.8) is 0 Å². The van der Waals surface area contributed by atoms with Gasteiger partial charge >= 0.3 is 6.18 Å². The second-order valence-corrected chi connectivity index (χ2v) is 4.55. The highest BCUT2D eigenvalue weighted by Crippen LogP contribution is 2.32. The van der Waals surface area contributed by atoms with Crippen LogP contribution in [0.5, 0.6) is 0 Å². The van der Waals surface area contributed by atoms with Crippen LogP contribution in [0.2, 0.25) is 0 Å². The first kappa shape index (κ1) is 15.0. The minimum atomic E-state index is -4.59. The molecule has 2 N–H and O–H groups in total. The molecule has 2 aromatic heterocycles. The molecule has 0 bridgehead atoms. The van der Waals surface area contributed by atoms with Gasteiger partial charge in [-0.25, -0.2) is 10.0 Å². The number of anilines is 2. The van der Waals surface area contributed by atoms with E-state index in [-0.39, 0.29) is 11.8 Å². The molecule has 1 atom stereocenters. The van der Waals surface area contributed by atoms with Crippen LogP contribution in [0, 0.1) is 0 Å². The summed E-state index contributed by atoms with van der Waals surface area (Å²) in [6.45, 7) is 0. The van der Waals surface area contributed by atoms with Gasteiger partial charge < -0.3 is 9.73 Å². The Morgan fingerprint density at radius 3 is 2.78 bits per heavy atom. The van der Waals surface area contributed by atoms with Crippen LogP contribution in [-0.4, -0.2) is 32.6 Å². The Labute approximate surface area is 127 Å². The van der Waals surface area contributed by atoms with Gasteiger partial charge in [-0.1, -0.05) is 0 Å². The molecule has 1 aliphatic rings. The van der Waals surface area contributed by atoms with Gasteiger partial charge in [0.2, 0.25) is 6.17 Å². The molecule has 0 spiro atoms. The summed E-state index contributed by atoms with van der Waals surface area (Å²) >= 11 is 0. The molecule has 3 rings (SSSR count). The Kier molecular flexibility index (Phi) is 3.74. The third kappa shape index (κ3) is 3.31. The van der Waals surface area contributed by atoms with Crippen LogP contribution in [-0.2, 0) is 0 Å². The highest BCUT2D eigenvalue weighted by Gasteiger charge is 2.36. The zero-order chi connectivity index (χ0) is 16.4. The molecule has 23 heavy (non-hydrogen) atoms. The highest BCUT2D eigenvalue weighted by molar-refractivity contribution is 5.81. The summed E-state index contributed by atoms with van der Waals surface area (Å²) in [5, 5.41) is 12.8. The van der Waals surface area contributed by atoms with Crippen LogP contribution in [0.25, 0.3) is 0 Å². The lowest BCUT2D eigenvalue weighted by atomic mass is 10.2. The molecule has 0 aliphatic carbocycles. The fourth-order valence-corrected chi connectivity index (χ4v) is 1.84. The summed E-state index contributed by atoms with van der Waals surface area (Å²) in [7, 11) is 0. The normalized spacial score (nSPS) is 18.0. The third-order valence-corrected chi connectivity index (χ3v) is 2.89. The zero-order valence-corrected chi connectivity index (χ0v) is 11.4. The number of nitrogens with zero attached hydrogens (tertiary/aromatic N) is 4. The van der Waals surface area contributed by atoms with E-state index in [2.05, 4.69) is 20.3 Å². The van der Waals surface area contributed by atoms with E-state index in [1.165, 1.54) is 6.20 Å². The van der Waals surface area contributed by atoms with E-state index in [4.69, 9.17) is 4.42 Å². The number of rotatable bonds is 3. The average Bonchev–Trinajstić information content (AvgIpc) is 2.95. The van der Waals surface area contributed by atoms with E-state index >= 15 is 0 Å². The van der Waals surface area contributed by atoms with E-state index in [1.54, 1.807) is 24.5 Å². The maximum Gasteiger partial charge on any atom is 0.419 e. The van der Waals surface area contributed by atoms with Crippen molar-refractivity contribution in [3.8, 4) is 0 Å². The number of hydroxylamine groups is 2. The molecule has 0 fully saturated rings. The maximum atomic E-state index is 12.5. The number of allylic oxidation sites excluding steroid dienone is 1. The topological polar surface area (TPSA) is 86.8 Å². The minimum absolute atomic E-state index is 0.0765. The minimum Gasteiger partial charge on any atom is -0.424 e. The van der Waals surface area contributed by atoms with Crippen molar-refractivity contribution in [1.29, 1.82) is 0 Å². The summed E-state index contributed by atoms with van der Waals surface area (Å²) in [5.41, 5.74) is -0.447. The Morgan fingerprint density at radius 2 is 2.13 bits per heavy atom. The third-order valence-electron chi connectivity index (χ3n) is 2.89. The zero-order valence-electron chi connectivity index (χ0n) is 11.4. The summed E-state index contributed by atoms with van der Waals surface area (Å²) in [6, 6.07) is 3.53. The number of hydrogen-bond acceptors (Lipinski definition) is 7. The van der Waals surface area contributed by atoms with E-state index in [0.717, 1.165) is 0 Å². The lowest BCUT2D eigenvalue weighted by Gasteiger charge is -2.24. The van der Waals surface area contributed by atoms with Crippen LogP contribution >= 0.6 is 0 Å². The molecule has 1 unspecified atom stereocenters. The second-order valence-electron chi connectivity index (χ2n) is 4.55. The maximum absolute atomic E-state index is 12.5. The molecule has 120 valence electrons. The van der Waals surface area contributed by atoms with Crippen molar-refractivity contribution in [1.82, 2.24) is 15.0 Å². The molecule has 7 nitrogen and oxygen atoms in total. The number of hydrogen-bond donors (Lipinski definition) is 2. The summed E-state index contributed by atoms with van der Waals surface area (Å²) in [5.74, 6) is 0.0765. The molecule has 0 radical (unpaired) electrons. The number of pyridine rings is 1. The summed E-state index contributed by atoms with van der Waals surface area (Å²) in [4.78, 5) is 11.5. The van der Waals surface area contributed by atoms with Crippen LogP contribution in [0.3, 0.4) is 0 Å². The van der Waals surface area contributed by atoms with Crippen LogP contribution in [0.4, 0.5) is 24.9 Å². The van der Waals surface area contributed by atoms with Crippen LogP contribution < -0.4 is 5.32 Å². The summed E-state index contributed by atoms with van der Waals surface area (Å²) < 4.78 is 43.0. The second kappa shape index (κ2) is 5.72. The molecule has 1 aliphatic heterocycles. The van der Waals surface area contributed by atoms with Gasteiger partial charge in [0.05, 0.1) is 23.7 Å². The smallest absolute Gasteiger partial charge is 0.419 e. The molecule has 0 saturated heterocycles. The fourth-order valence-electron chi connectivity index (χ4n) is 1.84. The van der Waals surface area contributed by atoms with E-state index in [0.29, 0.717) is 23.2 Å². The van der Waals surface area contributed by atoms with Gasteiger partial charge in [0.1, 0.15) is 0 Å². The molecule has 3 heterocycles. The monoisotopic (exact) mass is 325 g/mol. The lowest BCUT2D eigenvalue weighted by molar-refractivity contribution is -0.109. The lowest BCUT2D eigenvalue weighted by Crippen LogP contribution is -2.26. The Bertz CT molecular complexity index is 742. The number of aliphatic imine (C=N–C) groups is 1. The SMILES string of the molecule is ON1C=C(C(F)(F)F)C=NC1c1cnc(Nc2cccnc2)o1. The van der Waals surface area contributed by atoms with Crippen molar-refractivity contribution < 1.29 is 22.8 Å². The molecule has 0 aromatic carbocycles. The van der Waals surface area contributed by atoms with E-state index in [1.807, 2.05) is 0 Å². The quantitative estimate of drug-likeness (QED) is 0.902. The molecular formula is C13H10F3N5O2. The number of nitrogens with one attached hydrogen (secondary N) is 1. The number of alkyl halides is 3. The predicted octanol–water partition coefficient (Wildman–Crippen LogP) is 3.03. The van der Waals surface area contributed by atoms with Gasteiger partial charge in [-0.3, -0.25) is 15.2 Å². The van der Waals surface area contributed by atoms with E-state index in [9.17, 15) is 18.4 Å². The van der Waals surface area contributed by atoms with Gasteiger partial charge in [0, 0.05) is 18.6 Å². The van der Waals surface area contributed by atoms with Gasteiger partial charge in [0.25, 0.3) is 6.01 Å². The Balaban J connectivity index is 1.74. The number of oxazole rings is 1. The van der Waals surface area contributed by atoms with Gasteiger partial charge in [0.15, 0.2) is 5.76 Å². The van der Waals surface area contributed by atoms with Gasteiger partial charge in [-0.05, 0) is 12.1 Å². The fraction of sp³-hybridized carbons (Fsp3) is 0.154. The van der Waals surface area contributed by atoms with Crippen molar-refractivity contribution >= 4 is 17.9 Å². The number of halogens is 3. The molecular weight excluding hydrogens is 315 g/mol. The first-order chi connectivity index (χ1) is 10.9. The van der Waals surface area contributed by atoms with Crippen molar-refractivity contribution in [3.05, 3.63) is 48.3 Å². The summed E-state index contributed by atoms with van der Waals surface area (Å²) in [6.07, 6.45) is -0.169. The van der Waals surface area contributed by atoms with Crippen molar-refractivity contribution in [2.24, 2.45) is 4.99 Å². The standard InChI is InChI=1S/C13H10F3N5O2/c14-13(15,16)8-4-18-11(21(22)7-8)10-6-19-12(23-10)20-9-2-1-3-17-5-9/h1-7,11,22H,(H,19,20). The van der Waals surface area contributed by atoms with Crippen LogP contribution in [0.1, 0.15) is 11.9 Å². The molecule has 10 heteroatoms. The average molecular weight is 325 g/mol. The first-order valence-electron chi connectivity index (χ1n) is 6.35. The Morgan fingerprint density at radius 1 is 1.30 bits per heavy atom.